The molecule has 3 heteroatoms. The Morgan fingerprint density at radius 2 is 2.50 bits per heavy atom. The van der Waals surface area contributed by atoms with Gasteiger partial charge in [0.2, 0.25) is 0 Å². The van der Waals surface area contributed by atoms with Crippen molar-refractivity contribution < 1.29 is 14.6 Å². The van der Waals surface area contributed by atoms with E-state index in [-0.39, 0.29) is 18.7 Å². The molecule has 0 aliphatic carbocycles. The lowest BCUT2D eigenvalue weighted by Gasteiger charge is -2.24. The fraction of sp³-hybridized carbons (Fsp3) is 0.857. The molecule has 3 nitrogen and oxygen atoms in total. The molecular weight excluding hydrogens is 132 g/mol. The summed E-state index contributed by atoms with van der Waals surface area (Å²) in [5, 5.41) is 8.65. The van der Waals surface area contributed by atoms with Crippen LogP contribution in [0, 0.1) is 5.92 Å². The normalized spacial score (nSPS) is 33.6. The molecule has 1 fully saturated rings. The molecule has 2 atom stereocenters. The molecule has 1 N–H and O–H groups in total. The third kappa shape index (κ3) is 1.70. The van der Waals surface area contributed by atoms with E-state index >= 15 is 0 Å². The second kappa shape index (κ2) is 3.01. The van der Waals surface area contributed by atoms with Gasteiger partial charge in [0.1, 0.15) is 6.10 Å². The number of hydrogen-bond donors (Lipinski definition) is 1. The highest BCUT2D eigenvalue weighted by atomic mass is 16.6. The Kier molecular flexibility index (Phi) is 2.27. The van der Waals surface area contributed by atoms with Gasteiger partial charge in [0.15, 0.2) is 0 Å². The summed E-state index contributed by atoms with van der Waals surface area (Å²) in [7, 11) is 0. The van der Waals surface area contributed by atoms with Gasteiger partial charge in [-0.1, -0.05) is 6.92 Å². The van der Waals surface area contributed by atoms with Gasteiger partial charge in [-0.3, -0.25) is 4.79 Å². The molecular formula is C7H12O3. The van der Waals surface area contributed by atoms with Gasteiger partial charge in [0.05, 0.1) is 6.61 Å². The molecule has 0 saturated carbocycles. The predicted octanol–water partition coefficient (Wildman–Crippen LogP) is 0.320. The second-order valence-corrected chi connectivity index (χ2v) is 2.84. The summed E-state index contributed by atoms with van der Waals surface area (Å²) in [6.07, 6.45) is 1.04. The fourth-order valence-corrected chi connectivity index (χ4v) is 1.21. The summed E-state index contributed by atoms with van der Waals surface area (Å²) in [5.41, 5.74) is 0. The van der Waals surface area contributed by atoms with E-state index in [1.54, 1.807) is 0 Å². The van der Waals surface area contributed by atoms with E-state index in [1.807, 2.05) is 6.92 Å². The maximum atomic E-state index is 10.7. The van der Waals surface area contributed by atoms with Gasteiger partial charge < -0.3 is 9.84 Å². The molecule has 1 rings (SSSR count). The van der Waals surface area contributed by atoms with Crippen LogP contribution in [-0.4, -0.2) is 23.8 Å². The van der Waals surface area contributed by atoms with E-state index in [2.05, 4.69) is 0 Å². The molecule has 1 saturated heterocycles. The minimum Gasteiger partial charge on any atom is -0.460 e. The number of cyclic esters (lactones) is 1. The first-order chi connectivity index (χ1) is 4.72. The summed E-state index contributed by atoms with van der Waals surface area (Å²) >= 11 is 0. The predicted molar refractivity (Wildman–Crippen MR) is 35.4 cm³/mol. The number of rotatable bonds is 1. The highest BCUT2D eigenvalue weighted by Gasteiger charge is 2.24. The lowest BCUT2D eigenvalue weighted by molar-refractivity contribution is -0.158. The molecule has 0 aromatic heterocycles. The Morgan fingerprint density at radius 3 is 3.00 bits per heavy atom. The molecule has 0 amide bonds. The van der Waals surface area contributed by atoms with Crippen molar-refractivity contribution in [1.82, 2.24) is 0 Å². The molecule has 1 heterocycles. The van der Waals surface area contributed by atoms with Crippen LogP contribution in [0.5, 0.6) is 0 Å². The van der Waals surface area contributed by atoms with Crippen molar-refractivity contribution in [2.24, 2.45) is 5.92 Å². The number of hydrogen-bond acceptors (Lipinski definition) is 3. The van der Waals surface area contributed by atoms with Crippen LogP contribution in [0.3, 0.4) is 0 Å². The van der Waals surface area contributed by atoms with Gasteiger partial charge in [-0.15, -0.1) is 0 Å². The number of aliphatic hydroxyl groups is 1. The monoisotopic (exact) mass is 144 g/mol. The third-order valence-corrected chi connectivity index (χ3v) is 1.68. The van der Waals surface area contributed by atoms with Crippen LogP contribution in [0.4, 0.5) is 0 Å². The van der Waals surface area contributed by atoms with Crippen LogP contribution in [0.15, 0.2) is 0 Å². The van der Waals surface area contributed by atoms with Crippen LogP contribution < -0.4 is 0 Å². The Balaban J connectivity index is 2.42. The van der Waals surface area contributed by atoms with Crippen molar-refractivity contribution in [2.45, 2.75) is 25.9 Å². The Hall–Kier alpha value is -0.570. The van der Waals surface area contributed by atoms with Crippen molar-refractivity contribution in [3.8, 4) is 0 Å². The van der Waals surface area contributed by atoms with Crippen molar-refractivity contribution in [2.75, 3.05) is 6.61 Å². The van der Waals surface area contributed by atoms with Crippen LogP contribution in [0.25, 0.3) is 0 Å². The van der Waals surface area contributed by atoms with Crippen LogP contribution in [-0.2, 0) is 9.53 Å². The molecule has 0 bridgehead atoms. The van der Waals surface area contributed by atoms with Crippen molar-refractivity contribution in [1.29, 1.82) is 0 Å². The summed E-state index contributed by atoms with van der Waals surface area (Å²) in [4.78, 5) is 10.7. The maximum absolute atomic E-state index is 10.7. The van der Waals surface area contributed by atoms with Crippen molar-refractivity contribution >= 4 is 5.97 Å². The Morgan fingerprint density at radius 1 is 1.80 bits per heavy atom. The molecule has 0 aromatic carbocycles. The Labute approximate surface area is 60.0 Å². The van der Waals surface area contributed by atoms with Gasteiger partial charge >= 0.3 is 5.97 Å². The minimum absolute atomic E-state index is 0.0456. The maximum Gasteiger partial charge on any atom is 0.306 e. The zero-order chi connectivity index (χ0) is 7.56. The highest BCUT2D eigenvalue weighted by molar-refractivity contribution is 5.70. The van der Waals surface area contributed by atoms with E-state index < -0.39 is 0 Å². The SMILES string of the molecule is C[C@@H]1CC(=O)O[C@@H](CO)C1. The molecule has 0 aromatic rings. The molecule has 1 aliphatic rings. The Bertz CT molecular complexity index is 133. The minimum atomic E-state index is -0.253. The number of aliphatic hydroxyl groups excluding tert-OH is 1. The summed E-state index contributed by atoms with van der Waals surface area (Å²) in [6, 6.07) is 0. The van der Waals surface area contributed by atoms with E-state index in [9.17, 15) is 4.79 Å². The second-order valence-electron chi connectivity index (χ2n) is 2.84. The fourth-order valence-electron chi connectivity index (χ4n) is 1.21. The standard InChI is InChI=1S/C7H12O3/c1-5-2-6(4-8)10-7(9)3-5/h5-6,8H,2-4H2,1H3/t5-,6+/m0/s1. The first kappa shape index (κ1) is 7.54. The molecule has 10 heavy (non-hydrogen) atoms. The van der Waals surface area contributed by atoms with E-state index in [0.29, 0.717) is 12.3 Å². The number of esters is 1. The largest absolute Gasteiger partial charge is 0.460 e. The molecule has 0 radical (unpaired) electrons. The van der Waals surface area contributed by atoms with Gasteiger partial charge in [-0.2, -0.15) is 0 Å². The summed E-state index contributed by atoms with van der Waals surface area (Å²) in [6.45, 7) is 1.94. The summed E-state index contributed by atoms with van der Waals surface area (Å²) in [5.74, 6) is 0.177. The van der Waals surface area contributed by atoms with Gasteiger partial charge in [-0.05, 0) is 12.3 Å². The van der Waals surface area contributed by atoms with Crippen molar-refractivity contribution in [3.63, 3.8) is 0 Å². The van der Waals surface area contributed by atoms with Gasteiger partial charge in [0, 0.05) is 6.42 Å². The molecule has 0 spiro atoms. The number of ether oxygens (including phenoxy) is 1. The average Bonchev–Trinajstić information content (AvgIpc) is 1.85. The molecule has 0 unspecified atom stereocenters. The number of carbonyl (C=O) groups is 1. The van der Waals surface area contributed by atoms with Crippen LogP contribution >= 0.6 is 0 Å². The smallest absolute Gasteiger partial charge is 0.306 e. The lowest BCUT2D eigenvalue weighted by Crippen LogP contribution is -2.30. The topological polar surface area (TPSA) is 46.5 Å². The first-order valence-electron chi connectivity index (χ1n) is 3.52. The van der Waals surface area contributed by atoms with E-state index in [4.69, 9.17) is 9.84 Å². The first-order valence-corrected chi connectivity index (χ1v) is 3.52. The zero-order valence-corrected chi connectivity index (χ0v) is 6.04. The van der Waals surface area contributed by atoms with Crippen molar-refractivity contribution in [3.05, 3.63) is 0 Å². The van der Waals surface area contributed by atoms with Gasteiger partial charge in [-0.25, -0.2) is 0 Å². The van der Waals surface area contributed by atoms with E-state index in [0.717, 1.165) is 6.42 Å². The third-order valence-electron chi connectivity index (χ3n) is 1.68. The van der Waals surface area contributed by atoms with E-state index in [1.165, 1.54) is 0 Å². The number of carbonyl (C=O) groups excluding carboxylic acids is 1. The van der Waals surface area contributed by atoms with Gasteiger partial charge in [0.25, 0.3) is 0 Å². The molecule has 58 valence electrons. The zero-order valence-electron chi connectivity index (χ0n) is 6.04. The highest BCUT2D eigenvalue weighted by Crippen LogP contribution is 2.19. The quantitative estimate of drug-likeness (QED) is 0.539. The summed E-state index contributed by atoms with van der Waals surface area (Å²) < 4.78 is 4.82. The van der Waals surface area contributed by atoms with Crippen LogP contribution in [0.2, 0.25) is 0 Å². The lowest BCUT2D eigenvalue weighted by atomic mass is 9.98. The van der Waals surface area contributed by atoms with Crippen LogP contribution in [0.1, 0.15) is 19.8 Å². The average molecular weight is 144 g/mol. The molecule has 1 aliphatic heterocycles.